The summed E-state index contributed by atoms with van der Waals surface area (Å²) >= 11 is 0. The molecular formula is C10H25NSi. The van der Waals surface area contributed by atoms with E-state index in [2.05, 4.69) is 40.0 Å². The van der Waals surface area contributed by atoms with Crippen LogP contribution in [0.25, 0.3) is 0 Å². The topological polar surface area (TPSA) is 26.0 Å². The first kappa shape index (κ1) is 14.3. The van der Waals surface area contributed by atoms with Crippen molar-refractivity contribution in [1.82, 2.24) is 0 Å². The molecule has 2 atom stereocenters. The smallest absolute Gasteiger partial charge is 0.0257 e. The normalized spacial score (nSPS) is 15.0. The summed E-state index contributed by atoms with van der Waals surface area (Å²) in [5, 5.41) is 0. The lowest BCUT2D eigenvalue weighted by Gasteiger charge is -2.11. The molecule has 1 nitrogen and oxygen atoms in total. The first-order chi connectivity index (χ1) is 5.62. The monoisotopic (exact) mass is 187 g/mol. The summed E-state index contributed by atoms with van der Waals surface area (Å²) in [5.41, 5.74) is 6.75. The van der Waals surface area contributed by atoms with Crippen molar-refractivity contribution < 1.29 is 0 Å². The van der Waals surface area contributed by atoms with E-state index in [0.717, 1.165) is 11.1 Å². The second kappa shape index (κ2) is 10.8. The van der Waals surface area contributed by atoms with Gasteiger partial charge in [0, 0.05) is 9.52 Å². The quantitative estimate of drug-likeness (QED) is 0.673. The number of hydrogen-bond donors (Lipinski definition) is 1. The van der Waals surface area contributed by atoms with Crippen LogP contribution in [0.5, 0.6) is 0 Å². The fraction of sp³-hybridized carbons (Fsp3) is 0.800. The molecule has 0 saturated heterocycles. The standard InChI is InChI=1S/C8H20Si.C2H5N/c1-5-7(3)9-8(4)6-2;1-2-3/h7-8H,5-6,9H2,1-4H3;2H,1,3H2. The van der Waals surface area contributed by atoms with Gasteiger partial charge in [-0.2, -0.15) is 0 Å². The van der Waals surface area contributed by atoms with E-state index in [1.165, 1.54) is 19.0 Å². The predicted molar refractivity (Wildman–Crippen MR) is 62.4 cm³/mol. The Balaban J connectivity index is 0. The summed E-state index contributed by atoms with van der Waals surface area (Å²) in [6.07, 6.45) is 4.05. The highest BCUT2D eigenvalue weighted by molar-refractivity contribution is 6.39. The maximum absolute atomic E-state index is 4.61. The van der Waals surface area contributed by atoms with Crippen LogP contribution < -0.4 is 5.73 Å². The fourth-order valence-corrected chi connectivity index (χ4v) is 3.06. The molecule has 0 bridgehead atoms. The van der Waals surface area contributed by atoms with Crippen molar-refractivity contribution in [2.45, 2.75) is 51.6 Å². The summed E-state index contributed by atoms with van der Waals surface area (Å²) in [7, 11) is 0.260. The maximum Gasteiger partial charge on any atom is 0.0257 e. The molecule has 12 heavy (non-hydrogen) atoms. The van der Waals surface area contributed by atoms with Gasteiger partial charge in [-0.05, 0) is 6.20 Å². The Labute approximate surface area is 80.3 Å². The van der Waals surface area contributed by atoms with Crippen LogP contribution in [0.4, 0.5) is 0 Å². The second-order valence-corrected chi connectivity index (χ2v) is 6.76. The van der Waals surface area contributed by atoms with Crippen LogP contribution in [0.3, 0.4) is 0 Å². The third kappa shape index (κ3) is 12.4. The predicted octanol–water partition coefficient (Wildman–Crippen LogP) is 2.68. The molecule has 0 aromatic carbocycles. The molecule has 2 unspecified atom stereocenters. The van der Waals surface area contributed by atoms with Crippen LogP contribution in [0, 0.1) is 0 Å². The Morgan fingerprint density at radius 2 is 1.50 bits per heavy atom. The Morgan fingerprint density at radius 1 is 1.25 bits per heavy atom. The van der Waals surface area contributed by atoms with Crippen LogP contribution in [-0.4, -0.2) is 9.52 Å². The molecule has 0 aromatic heterocycles. The highest BCUT2D eigenvalue weighted by atomic mass is 28.2. The summed E-state index contributed by atoms with van der Waals surface area (Å²) < 4.78 is 0. The van der Waals surface area contributed by atoms with Gasteiger partial charge in [-0.15, -0.1) is 0 Å². The van der Waals surface area contributed by atoms with Gasteiger partial charge in [0.25, 0.3) is 0 Å². The average Bonchev–Trinajstić information content (AvgIpc) is 2.05. The Morgan fingerprint density at radius 3 is 1.67 bits per heavy atom. The van der Waals surface area contributed by atoms with Gasteiger partial charge in [-0.1, -0.05) is 58.2 Å². The van der Waals surface area contributed by atoms with E-state index in [9.17, 15) is 0 Å². The molecule has 0 aliphatic rings. The fourth-order valence-electron chi connectivity index (χ4n) is 1.02. The lowest BCUT2D eigenvalue weighted by atomic mass is 10.4. The van der Waals surface area contributed by atoms with Crippen molar-refractivity contribution in [3.8, 4) is 0 Å². The molecular weight excluding hydrogens is 162 g/mol. The zero-order valence-corrected chi connectivity index (χ0v) is 10.6. The molecule has 0 heterocycles. The van der Waals surface area contributed by atoms with E-state index >= 15 is 0 Å². The first-order valence-electron chi connectivity index (χ1n) is 4.94. The van der Waals surface area contributed by atoms with Crippen molar-refractivity contribution in [1.29, 1.82) is 0 Å². The van der Waals surface area contributed by atoms with Gasteiger partial charge in [0.15, 0.2) is 0 Å². The van der Waals surface area contributed by atoms with Crippen LogP contribution in [0.15, 0.2) is 12.8 Å². The third-order valence-electron chi connectivity index (χ3n) is 2.20. The molecule has 0 aromatic rings. The molecule has 0 spiro atoms. The van der Waals surface area contributed by atoms with Crippen LogP contribution in [0.2, 0.25) is 11.1 Å². The lowest BCUT2D eigenvalue weighted by molar-refractivity contribution is 0.803. The third-order valence-corrected chi connectivity index (χ3v) is 4.96. The van der Waals surface area contributed by atoms with Gasteiger partial charge in [0.05, 0.1) is 0 Å². The zero-order valence-electron chi connectivity index (χ0n) is 9.14. The number of nitrogens with two attached hydrogens (primary N) is 1. The average molecular weight is 187 g/mol. The molecule has 0 radical (unpaired) electrons. The minimum Gasteiger partial charge on any atom is -0.405 e. The Hall–Kier alpha value is -0.243. The summed E-state index contributed by atoms with van der Waals surface area (Å²) in [4.78, 5) is 0. The van der Waals surface area contributed by atoms with Crippen molar-refractivity contribution in [3.63, 3.8) is 0 Å². The first-order valence-corrected chi connectivity index (χ1v) is 6.58. The molecule has 0 amide bonds. The second-order valence-electron chi connectivity index (χ2n) is 3.50. The molecule has 0 aliphatic carbocycles. The number of rotatable bonds is 4. The molecule has 0 aliphatic heterocycles. The van der Waals surface area contributed by atoms with Gasteiger partial charge < -0.3 is 5.73 Å². The molecule has 0 saturated carbocycles. The van der Waals surface area contributed by atoms with Crippen molar-refractivity contribution in [3.05, 3.63) is 12.8 Å². The van der Waals surface area contributed by atoms with E-state index in [0.29, 0.717) is 0 Å². The molecule has 0 rings (SSSR count). The molecule has 0 fully saturated rings. The number of hydrogen-bond acceptors (Lipinski definition) is 1. The van der Waals surface area contributed by atoms with Gasteiger partial charge >= 0.3 is 0 Å². The van der Waals surface area contributed by atoms with Crippen molar-refractivity contribution in [2.24, 2.45) is 5.73 Å². The highest BCUT2D eigenvalue weighted by Gasteiger charge is 2.04. The molecule has 2 heteroatoms. The van der Waals surface area contributed by atoms with Crippen LogP contribution in [-0.2, 0) is 0 Å². The van der Waals surface area contributed by atoms with E-state index < -0.39 is 0 Å². The molecule has 2 N–H and O–H groups in total. The minimum absolute atomic E-state index is 0.260. The van der Waals surface area contributed by atoms with Crippen LogP contribution in [0.1, 0.15) is 40.5 Å². The van der Waals surface area contributed by atoms with E-state index in [1.807, 2.05) is 0 Å². The largest absolute Gasteiger partial charge is 0.405 e. The minimum atomic E-state index is 0.260. The van der Waals surface area contributed by atoms with Gasteiger partial charge in [0.2, 0.25) is 0 Å². The van der Waals surface area contributed by atoms with Gasteiger partial charge in [0.1, 0.15) is 0 Å². The lowest BCUT2D eigenvalue weighted by Crippen LogP contribution is -2.03. The molecule has 74 valence electrons. The Kier molecular flexibility index (Phi) is 12.8. The highest BCUT2D eigenvalue weighted by Crippen LogP contribution is 2.16. The van der Waals surface area contributed by atoms with E-state index in [1.54, 1.807) is 0 Å². The van der Waals surface area contributed by atoms with Gasteiger partial charge in [-0.3, -0.25) is 0 Å². The van der Waals surface area contributed by atoms with Gasteiger partial charge in [-0.25, -0.2) is 0 Å². The SMILES string of the molecule is C=CN.CCC(C)[SiH2]C(C)CC. The summed E-state index contributed by atoms with van der Waals surface area (Å²) in [6.45, 7) is 12.6. The van der Waals surface area contributed by atoms with Crippen LogP contribution >= 0.6 is 0 Å². The zero-order chi connectivity index (χ0) is 9.98. The Bertz CT molecular complexity index is 85.8. The van der Waals surface area contributed by atoms with Crippen molar-refractivity contribution >= 4 is 9.52 Å². The summed E-state index contributed by atoms with van der Waals surface area (Å²) in [5.74, 6) is 0. The van der Waals surface area contributed by atoms with E-state index in [-0.39, 0.29) is 9.52 Å². The van der Waals surface area contributed by atoms with E-state index in [4.69, 9.17) is 0 Å². The summed E-state index contributed by atoms with van der Waals surface area (Å²) in [6, 6.07) is 0. The maximum atomic E-state index is 4.61. The van der Waals surface area contributed by atoms with Crippen molar-refractivity contribution in [2.75, 3.05) is 0 Å².